The molecular formula is C11H14FN3O3S. The topological polar surface area (TPSA) is 92.5 Å². The fourth-order valence-corrected chi connectivity index (χ4v) is 3.52. The van der Waals surface area contributed by atoms with Gasteiger partial charge in [-0.05, 0) is 12.1 Å². The maximum absolute atomic E-state index is 13.7. The van der Waals surface area contributed by atoms with Crippen LogP contribution in [0.3, 0.4) is 0 Å². The number of rotatable bonds is 2. The molecule has 1 aliphatic heterocycles. The fraction of sp³-hybridized carbons (Fsp3) is 0.364. The first kappa shape index (κ1) is 13.8. The Kier molecular flexibility index (Phi) is 3.72. The molecule has 19 heavy (non-hydrogen) atoms. The van der Waals surface area contributed by atoms with Gasteiger partial charge in [-0.2, -0.15) is 4.31 Å². The van der Waals surface area contributed by atoms with E-state index in [-0.39, 0.29) is 37.6 Å². The van der Waals surface area contributed by atoms with Gasteiger partial charge in [0.1, 0.15) is 10.7 Å². The second kappa shape index (κ2) is 5.14. The van der Waals surface area contributed by atoms with E-state index in [9.17, 15) is 17.6 Å². The van der Waals surface area contributed by atoms with Crippen molar-refractivity contribution in [2.45, 2.75) is 11.3 Å². The van der Waals surface area contributed by atoms with Gasteiger partial charge in [-0.25, -0.2) is 12.8 Å². The summed E-state index contributed by atoms with van der Waals surface area (Å²) in [4.78, 5) is 10.7. The van der Waals surface area contributed by atoms with Crippen LogP contribution in [0.2, 0.25) is 0 Å². The molecule has 0 unspecified atom stereocenters. The minimum atomic E-state index is -4.03. The van der Waals surface area contributed by atoms with Crippen LogP contribution < -0.4 is 11.1 Å². The number of benzene rings is 1. The van der Waals surface area contributed by atoms with Gasteiger partial charge >= 0.3 is 0 Å². The van der Waals surface area contributed by atoms with E-state index in [1.807, 2.05) is 0 Å². The van der Waals surface area contributed by atoms with Gasteiger partial charge in [0.05, 0.1) is 5.69 Å². The Bertz CT molecular complexity index is 583. The predicted octanol–water partition coefficient (Wildman–Crippen LogP) is -0.0815. The van der Waals surface area contributed by atoms with Crippen molar-refractivity contribution in [1.82, 2.24) is 9.62 Å². The molecule has 0 saturated carbocycles. The van der Waals surface area contributed by atoms with E-state index in [0.717, 1.165) is 10.4 Å². The first-order chi connectivity index (χ1) is 8.93. The van der Waals surface area contributed by atoms with Gasteiger partial charge in [0, 0.05) is 26.1 Å². The van der Waals surface area contributed by atoms with Gasteiger partial charge in [-0.1, -0.05) is 6.07 Å². The molecule has 1 aliphatic rings. The van der Waals surface area contributed by atoms with Gasteiger partial charge in [0.25, 0.3) is 0 Å². The fourth-order valence-electron chi connectivity index (χ4n) is 1.91. The number of nitrogens with two attached hydrogens (primary N) is 1. The Morgan fingerprint density at radius 3 is 2.74 bits per heavy atom. The third-order valence-electron chi connectivity index (χ3n) is 2.87. The SMILES string of the molecule is Nc1cccc(F)c1S(=O)(=O)N1CCNC(=O)CC1. The Morgan fingerprint density at radius 2 is 2.05 bits per heavy atom. The van der Waals surface area contributed by atoms with Crippen LogP contribution in [0.15, 0.2) is 23.1 Å². The molecule has 0 atom stereocenters. The summed E-state index contributed by atoms with van der Waals surface area (Å²) in [5.74, 6) is -1.11. The lowest BCUT2D eigenvalue weighted by atomic mass is 10.3. The van der Waals surface area contributed by atoms with Crippen molar-refractivity contribution in [2.75, 3.05) is 25.4 Å². The van der Waals surface area contributed by atoms with Crippen molar-refractivity contribution >= 4 is 21.6 Å². The van der Waals surface area contributed by atoms with Gasteiger partial charge in [0.2, 0.25) is 15.9 Å². The van der Waals surface area contributed by atoms with E-state index in [1.165, 1.54) is 12.1 Å². The van der Waals surface area contributed by atoms with Crippen LogP contribution in [0.25, 0.3) is 0 Å². The van der Waals surface area contributed by atoms with E-state index >= 15 is 0 Å². The van der Waals surface area contributed by atoms with Crippen LogP contribution in [0, 0.1) is 5.82 Å². The summed E-state index contributed by atoms with van der Waals surface area (Å²) in [5.41, 5.74) is 5.42. The van der Waals surface area contributed by atoms with Gasteiger partial charge < -0.3 is 11.1 Å². The molecule has 0 radical (unpaired) electrons. The van der Waals surface area contributed by atoms with Crippen molar-refractivity contribution in [3.63, 3.8) is 0 Å². The molecule has 3 N–H and O–H groups in total. The normalized spacial score (nSPS) is 17.8. The zero-order valence-corrected chi connectivity index (χ0v) is 10.9. The highest BCUT2D eigenvalue weighted by Gasteiger charge is 2.30. The molecule has 1 fully saturated rings. The molecule has 1 heterocycles. The van der Waals surface area contributed by atoms with E-state index < -0.39 is 20.7 Å². The number of halogens is 1. The molecule has 1 aromatic carbocycles. The highest BCUT2D eigenvalue weighted by atomic mass is 32.2. The predicted molar refractivity (Wildman–Crippen MR) is 67.2 cm³/mol. The molecule has 0 aliphatic carbocycles. The van der Waals surface area contributed by atoms with Crippen molar-refractivity contribution < 1.29 is 17.6 Å². The number of sulfonamides is 1. The van der Waals surface area contributed by atoms with Crippen LogP contribution >= 0.6 is 0 Å². The van der Waals surface area contributed by atoms with Gasteiger partial charge in [-0.3, -0.25) is 4.79 Å². The summed E-state index contributed by atoms with van der Waals surface area (Å²) in [6.45, 7) is 0.316. The number of nitrogen functional groups attached to an aromatic ring is 1. The highest BCUT2D eigenvalue weighted by Crippen LogP contribution is 2.25. The lowest BCUT2D eigenvalue weighted by molar-refractivity contribution is -0.120. The first-order valence-corrected chi connectivity index (χ1v) is 7.18. The number of carbonyl (C=O) groups is 1. The van der Waals surface area contributed by atoms with Crippen LogP contribution in [0.5, 0.6) is 0 Å². The standard InChI is InChI=1S/C11H14FN3O3S/c12-8-2-1-3-9(13)11(8)19(17,18)15-6-4-10(16)14-5-7-15/h1-3H,4-7,13H2,(H,14,16). The number of nitrogens with zero attached hydrogens (tertiary/aromatic N) is 1. The molecule has 6 nitrogen and oxygen atoms in total. The van der Waals surface area contributed by atoms with Gasteiger partial charge in [-0.15, -0.1) is 0 Å². The minimum absolute atomic E-state index is 0.0158. The lowest BCUT2D eigenvalue weighted by Gasteiger charge is -2.20. The smallest absolute Gasteiger partial charge is 0.248 e. The van der Waals surface area contributed by atoms with E-state index in [1.54, 1.807) is 0 Å². The summed E-state index contributed by atoms with van der Waals surface area (Å²) in [6.07, 6.45) is 0.0492. The molecule has 1 saturated heterocycles. The average molecular weight is 287 g/mol. The summed E-state index contributed by atoms with van der Waals surface area (Å²) in [7, 11) is -4.03. The monoisotopic (exact) mass is 287 g/mol. The molecule has 1 amide bonds. The van der Waals surface area contributed by atoms with Crippen LogP contribution in [-0.4, -0.2) is 38.3 Å². The molecule has 0 aromatic heterocycles. The Morgan fingerprint density at radius 1 is 1.32 bits per heavy atom. The molecule has 104 valence electrons. The van der Waals surface area contributed by atoms with Crippen LogP contribution in [0.4, 0.5) is 10.1 Å². The number of hydrogen-bond acceptors (Lipinski definition) is 4. The quantitative estimate of drug-likeness (QED) is 0.744. The number of anilines is 1. The summed E-state index contributed by atoms with van der Waals surface area (Å²) < 4.78 is 39.5. The number of amides is 1. The van der Waals surface area contributed by atoms with Gasteiger partial charge in [0.15, 0.2) is 0 Å². The highest BCUT2D eigenvalue weighted by molar-refractivity contribution is 7.89. The van der Waals surface area contributed by atoms with Crippen molar-refractivity contribution in [2.24, 2.45) is 0 Å². The number of carbonyl (C=O) groups excluding carboxylic acids is 1. The van der Waals surface area contributed by atoms with E-state index in [0.29, 0.717) is 0 Å². The zero-order valence-electron chi connectivity index (χ0n) is 10.1. The maximum atomic E-state index is 13.7. The van der Waals surface area contributed by atoms with Crippen molar-refractivity contribution in [3.8, 4) is 0 Å². The van der Waals surface area contributed by atoms with E-state index in [4.69, 9.17) is 5.73 Å². The number of nitrogens with one attached hydrogen (secondary N) is 1. The van der Waals surface area contributed by atoms with Crippen molar-refractivity contribution in [1.29, 1.82) is 0 Å². The molecular weight excluding hydrogens is 273 g/mol. The summed E-state index contributed by atoms with van der Waals surface area (Å²) >= 11 is 0. The number of hydrogen-bond donors (Lipinski definition) is 2. The largest absolute Gasteiger partial charge is 0.398 e. The maximum Gasteiger partial charge on any atom is 0.248 e. The molecule has 0 spiro atoms. The summed E-state index contributed by atoms with van der Waals surface area (Å²) in [6, 6.07) is 3.72. The average Bonchev–Trinajstić information content (AvgIpc) is 2.53. The molecule has 1 aromatic rings. The Hall–Kier alpha value is -1.67. The Labute approximate surface area is 110 Å². The third kappa shape index (κ3) is 2.69. The lowest BCUT2D eigenvalue weighted by Crippen LogP contribution is -2.35. The van der Waals surface area contributed by atoms with Crippen molar-refractivity contribution in [3.05, 3.63) is 24.0 Å². The summed E-state index contributed by atoms with van der Waals surface area (Å²) in [5, 5.41) is 2.56. The first-order valence-electron chi connectivity index (χ1n) is 5.74. The van der Waals surface area contributed by atoms with Crippen LogP contribution in [-0.2, 0) is 14.8 Å². The van der Waals surface area contributed by atoms with Crippen LogP contribution in [0.1, 0.15) is 6.42 Å². The molecule has 8 heteroatoms. The second-order valence-electron chi connectivity index (χ2n) is 4.16. The molecule has 0 bridgehead atoms. The third-order valence-corrected chi connectivity index (χ3v) is 4.86. The zero-order chi connectivity index (χ0) is 14.0. The Balaban J connectivity index is 2.39. The second-order valence-corrected chi connectivity index (χ2v) is 6.04. The van der Waals surface area contributed by atoms with E-state index in [2.05, 4.69) is 5.32 Å². The minimum Gasteiger partial charge on any atom is -0.398 e. The molecule has 2 rings (SSSR count).